The van der Waals surface area contributed by atoms with Crippen molar-refractivity contribution in [3.8, 4) is 0 Å². The molecule has 0 aliphatic heterocycles. The summed E-state index contributed by atoms with van der Waals surface area (Å²) in [5, 5.41) is 3.72. The molecule has 2 unspecified atom stereocenters. The normalized spacial score (nSPS) is 28.0. The summed E-state index contributed by atoms with van der Waals surface area (Å²) < 4.78 is 0. The summed E-state index contributed by atoms with van der Waals surface area (Å²) in [7, 11) is 0. The van der Waals surface area contributed by atoms with Crippen molar-refractivity contribution in [3.05, 3.63) is 0 Å². The first kappa shape index (κ1) is 13.0. The zero-order valence-corrected chi connectivity index (χ0v) is 11.5. The average molecular weight is 211 g/mol. The Labute approximate surface area is 96.0 Å². The molecule has 0 aromatic rings. The summed E-state index contributed by atoms with van der Waals surface area (Å²) in [5.74, 6) is 0.845. The van der Waals surface area contributed by atoms with Crippen LogP contribution < -0.4 is 5.32 Å². The van der Waals surface area contributed by atoms with Crippen LogP contribution in [-0.4, -0.2) is 12.6 Å². The fourth-order valence-electron chi connectivity index (χ4n) is 3.24. The lowest BCUT2D eigenvalue weighted by Gasteiger charge is -2.42. The van der Waals surface area contributed by atoms with Crippen LogP contribution in [0, 0.1) is 16.7 Å². The van der Waals surface area contributed by atoms with Crippen LogP contribution in [0.4, 0.5) is 0 Å². The van der Waals surface area contributed by atoms with Gasteiger partial charge in [-0.15, -0.1) is 0 Å². The Morgan fingerprint density at radius 1 is 1.33 bits per heavy atom. The third-order valence-corrected chi connectivity index (χ3v) is 4.10. The first-order chi connectivity index (χ1) is 6.79. The number of rotatable bonds is 3. The van der Waals surface area contributed by atoms with E-state index < -0.39 is 0 Å². The van der Waals surface area contributed by atoms with Gasteiger partial charge in [-0.25, -0.2) is 0 Å². The minimum Gasteiger partial charge on any atom is -0.313 e. The molecule has 0 aromatic heterocycles. The van der Waals surface area contributed by atoms with E-state index in [1.807, 2.05) is 0 Å². The first-order valence-electron chi connectivity index (χ1n) is 6.52. The van der Waals surface area contributed by atoms with Crippen molar-refractivity contribution in [1.82, 2.24) is 5.32 Å². The second kappa shape index (κ2) is 4.45. The molecule has 15 heavy (non-hydrogen) atoms. The monoisotopic (exact) mass is 211 g/mol. The molecule has 1 nitrogen and oxygen atoms in total. The molecule has 0 saturated heterocycles. The molecule has 0 aromatic carbocycles. The summed E-state index contributed by atoms with van der Waals surface area (Å²) >= 11 is 0. The van der Waals surface area contributed by atoms with Gasteiger partial charge in [0.05, 0.1) is 0 Å². The van der Waals surface area contributed by atoms with Crippen molar-refractivity contribution >= 4 is 0 Å². The molecule has 0 amide bonds. The van der Waals surface area contributed by atoms with E-state index in [0.717, 1.165) is 12.5 Å². The van der Waals surface area contributed by atoms with Gasteiger partial charge in [0.2, 0.25) is 0 Å². The molecule has 2 atom stereocenters. The Kier molecular flexibility index (Phi) is 3.86. The standard InChI is InChI=1S/C14H29N/c1-7-15-12(13(2,3)4)11-9-8-10-14(11,5)6/h11-12,15H,7-10H2,1-6H3. The zero-order chi connectivity index (χ0) is 11.7. The van der Waals surface area contributed by atoms with Gasteiger partial charge >= 0.3 is 0 Å². The molecule has 90 valence electrons. The summed E-state index contributed by atoms with van der Waals surface area (Å²) in [5.41, 5.74) is 0.905. The van der Waals surface area contributed by atoms with Gasteiger partial charge in [0.15, 0.2) is 0 Å². The smallest absolute Gasteiger partial charge is 0.0149 e. The fraction of sp³-hybridized carbons (Fsp3) is 1.00. The second-order valence-corrected chi connectivity index (χ2v) is 6.89. The van der Waals surface area contributed by atoms with Gasteiger partial charge in [0.25, 0.3) is 0 Å². The minimum absolute atomic E-state index is 0.377. The van der Waals surface area contributed by atoms with Crippen LogP contribution in [0.1, 0.15) is 60.8 Å². The first-order valence-corrected chi connectivity index (χ1v) is 6.52. The minimum atomic E-state index is 0.377. The predicted octanol–water partition coefficient (Wildman–Crippen LogP) is 3.84. The van der Waals surface area contributed by atoms with Crippen LogP contribution in [0.3, 0.4) is 0 Å². The molecule has 1 rings (SSSR count). The predicted molar refractivity (Wildman–Crippen MR) is 68.0 cm³/mol. The van der Waals surface area contributed by atoms with Gasteiger partial charge in [-0.2, -0.15) is 0 Å². The Morgan fingerprint density at radius 2 is 1.93 bits per heavy atom. The van der Waals surface area contributed by atoms with Crippen LogP contribution >= 0.6 is 0 Å². The molecule has 1 aliphatic carbocycles. The van der Waals surface area contributed by atoms with Crippen LogP contribution in [0.25, 0.3) is 0 Å². The highest BCUT2D eigenvalue weighted by atomic mass is 14.9. The maximum Gasteiger partial charge on any atom is 0.0149 e. The highest BCUT2D eigenvalue weighted by Gasteiger charge is 2.43. The van der Waals surface area contributed by atoms with Gasteiger partial charge in [-0.1, -0.05) is 48.0 Å². The Morgan fingerprint density at radius 3 is 2.27 bits per heavy atom. The molecule has 1 aliphatic rings. The van der Waals surface area contributed by atoms with E-state index in [1.165, 1.54) is 19.3 Å². The fourth-order valence-corrected chi connectivity index (χ4v) is 3.24. The lowest BCUT2D eigenvalue weighted by atomic mass is 9.69. The Bertz CT molecular complexity index is 200. The van der Waals surface area contributed by atoms with Crippen molar-refractivity contribution in [3.63, 3.8) is 0 Å². The average Bonchev–Trinajstić information content (AvgIpc) is 2.39. The largest absolute Gasteiger partial charge is 0.313 e. The van der Waals surface area contributed by atoms with Gasteiger partial charge in [-0.3, -0.25) is 0 Å². The van der Waals surface area contributed by atoms with Crippen molar-refractivity contribution in [2.45, 2.75) is 66.8 Å². The SMILES string of the molecule is CCNC(C1CCCC1(C)C)C(C)(C)C. The maximum atomic E-state index is 3.72. The molecule has 0 radical (unpaired) electrons. The number of nitrogens with one attached hydrogen (secondary N) is 1. The van der Waals surface area contributed by atoms with E-state index in [-0.39, 0.29) is 0 Å². The van der Waals surface area contributed by atoms with Gasteiger partial charge in [-0.05, 0) is 36.1 Å². The Balaban J connectivity index is 2.80. The van der Waals surface area contributed by atoms with E-state index in [2.05, 4.69) is 46.9 Å². The van der Waals surface area contributed by atoms with Gasteiger partial charge < -0.3 is 5.32 Å². The Hall–Kier alpha value is -0.0400. The molecule has 1 heteroatoms. The van der Waals surface area contributed by atoms with E-state index in [0.29, 0.717) is 16.9 Å². The lowest BCUT2D eigenvalue weighted by molar-refractivity contribution is 0.118. The number of hydrogen-bond donors (Lipinski definition) is 1. The third kappa shape index (κ3) is 2.96. The summed E-state index contributed by atoms with van der Waals surface area (Å²) in [6.45, 7) is 15.3. The number of hydrogen-bond acceptors (Lipinski definition) is 1. The van der Waals surface area contributed by atoms with E-state index in [9.17, 15) is 0 Å². The molecule has 0 bridgehead atoms. The molecular formula is C14H29N. The quantitative estimate of drug-likeness (QED) is 0.748. The molecule has 0 heterocycles. The zero-order valence-electron chi connectivity index (χ0n) is 11.5. The molecule has 0 spiro atoms. The van der Waals surface area contributed by atoms with E-state index >= 15 is 0 Å². The molecule has 1 fully saturated rings. The molecule has 1 N–H and O–H groups in total. The van der Waals surface area contributed by atoms with Crippen LogP contribution in [-0.2, 0) is 0 Å². The van der Waals surface area contributed by atoms with E-state index in [4.69, 9.17) is 0 Å². The van der Waals surface area contributed by atoms with Crippen molar-refractivity contribution in [2.24, 2.45) is 16.7 Å². The molecule has 1 saturated carbocycles. The summed E-state index contributed by atoms with van der Waals surface area (Å²) in [6.07, 6.45) is 4.22. The van der Waals surface area contributed by atoms with Crippen molar-refractivity contribution in [2.75, 3.05) is 6.54 Å². The van der Waals surface area contributed by atoms with Gasteiger partial charge in [0.1, 0.15) is 0 Å². The lowest BCUT2D eigenvalue weighted by Crippen LogP contribution is -2.48. The van der Waals surface area contributed by atoms with Crippen molar-refractivity contribution < 1.29 is 0 Å². The van der Waals surface area contributed by atoms with Gasteiger partial charge in [0, 0.05) is 6.04 Å². The van der Waals surface area contributed by atoms with Crippen LogP contribution in [0.2, 0.25) is 0 Å². The van der Waals surface area contributed by atoms with E-state index in [1.54, 1.807) is 0 Å². The van der Waals surface area contributed by atoms with Crippen molar-refractivity contribution in [1.29, 1.82) is 0 Å². The highest BCUT2D eigenvalue weighted by Crippen LogP contribution is 2.47. The second-order valence-electron chi connectivity index (χ2n) is 6.89. The topological polar surface area (TPSA) is 12.0 Å². The van der Waals surface area contributed by atoms with Crippen LogP contribution in [0.15, 0.2) is 0 Å². The van der Waals surface area contributed by atoms with Crippen LogP contribution in [0.5, 0.6) is 0 Å². The highest BCUT2D eigenvalue weighted by molar-refractivity contribution is 4.96. The third-order valence-electron chi connectivity index (χ3n) is 4.10. The maximum absolute atomic E-state index is 3.72. The molecular weight excluding hydrogens is 182 g/mol. The summed E-state index contributed by atoms with van der Waals surface area (Å²) in [6, 6.07) is 0.667. The summed E-state index contributed by atoms with van der Waals surface area (Å²) in [4.78, 5) is 0.